The summed E-state index contributed by atoms with van der Waals surface area (Å²) in [7, 11) is 0. The fraction of sp³-hybridized carbons (Fsp3) is 0.273. The Bertz CT molecular complexity index is 374. The van der Waals surface area contributed by atoms with Crippen LogP contribution in [0.2, 0.25) is 0 Å². The van der Waals surface area contributed by atoms with Crippen molar-refractivity contribution in [1.29, 1.82) is 0 Å². The van der Waals surface area contributed by atoms with Gasteiger partial charge in [0.05, 0.1) is 6.42 Å². The van der Waals surface area contributed by atoms with Crippen LogP contribution in [0.1, 0.15) is 17.5 Å². The molecule has 0 saturated heterocycles. The second-order valence-corrected chi connectivity index (χ2v) is 3.96. The van der Waals surface area contributed by atoms with Crippen molar-refractivity contribution in [1.82, 2.24) is 0 Å². The van der Waals surface area contributed by atoms with Crippen molar-refractivity contribution in [2.45, 2.75) is 19.3 Å². The van der Waals surface area contributed by atoms with Crippen LogP contribution in [0.15, 0.2) is 22.7 Å². The average Bonchev–Trinajstić information content (AvgIpc) is 2.19. The molecule has 0 heterocycles. The van der Waals surface area contributed by atoms with Gasteiger partial charge >= 0.3 is 5.97 Å². The van der Waals surface area contributed by atoms with Crippen LogP contribution in [-0.2, 0) is 22.4 Å². The molecule has 80 valence electrons. The van der Waals surface area contributed by atoms with Crippen LogP contribution in [-0.4, -0.2) is 17.4 Å². The van der Waals surface area contributed by atoms with Crippen molar-refractivity contribution in [3.8, 4) is 0 Å². The molecule has 0 atom stereocenters. The highest BCUT2D eigenvalue weighted by Gasteiger charge is 2.08. The van der Waals surface area contributed by atoms with Gasteiger partial charge in [-0.1, -0.05) is 34.1 Å². The highest BCUT2D eigenvalue weighted by atomic mass is 79.9. The number of halogens is 1. The molecule has 1 aromatic carbocycles. The van der Waals surface area contributed by atoms with Crippen molar-refractivity contribution in [2.75, 3.05) is 0 Å². The van der Waals surface area contributed by atoms with Crippen molar-refractivity contribution in [3.05, 3.63) is 33.8 Å². The van der Waals surface area contributed by atoms with Gasteiger partial charge in [-0.15, -0.1) is 0 Å². The van der Waals surface area contributed by atoms with E-state index in [-0.39, 0.29) is 6.42 Å². The minimum Gasteiger partial charge on any atom is -0.481 e. The number of carbonyl (C=O) groups excluding carboxylic acids is 1. The van der Waals surface area contributed by atoms with Gasteiger partial charge in [0.2, 0.25) is 0 Å². The smallest absolute Gasteiger partial charge is 0.307 e. The van der Waals surface area contributed by atoms with Gasteiger partial charge in [-0.3, -0.25) is 4.79 Å². The van der Waals surface area contributed by atoms with Crippen LogP contribution in [0, 0.1) is 0 Å². The molecule has 0 bridgehead atoms. The zero-order valence-electron chi connectivity index (χ0n) is 8.07. The van der Waals surface area contributed by atoms with Gasteiger partial charge in [0, 0.05) is 10.9 Å². The predicted molar refractivity (Wildman–Crippen MR) is 59.9 cm³/mol. The van der Waals surface area contributed by atoms with Gasteiger partial charge in [-0.25, -0.2) is 0 Å². The first-order valence-corrected chi connectivity index (χ1v) is 5.36. The number of aliphatic carboxylic acids is 1. The van der Waals surface area contributed by atoms with E-state index in [0.29, 0.717) is 12.8 Å². The Labute approximate surface area is 96.2 Å². The van der Waals surface area contributed by atoms with Crippen molar-refractivity contribution < 1.29 is 14.7 Å². The quantitative estimate of drug-likeness (QED) is 0.835. The molecule has 0 unspecified atom stereocenters. The first-order chi connectivity index (χ1) is 7.15. The zero-order valence-corrected chi connectivity index (χ0v) is 9.66. The molecule has 3 nitrogen and oxygen atoms in total. The second kappa shape index (κ2) is 5.66. The largest absolute Gasteiger partial charge is 0.481 e. The molecule has 0 fully saturated rings. The summed E-state index contributed by atoms with van der Waals surface area (Å²) < 4.78 is 0.800. The Morgan fingerprint density at radius 3 is 2.67 bits per heavy atom. The van der Waals surface area contributed by atoms with E-state index in [4.69, 9.17) is 5.11 Å². The van der Waals surface area contributed by atoms with Gasteiger partial charge in [-0.05, 0) is 17.5 Å². The highest BCUT2D eigenvalue weighted by Crippen LogP contribution is 2.23. The molecule has 0 radical (unpaired) electrons. The minimum atomic E-state index is -0.858. The molecule has 0 saturated carbocycles. The monoisotopic (exact) mass is 270 g/mol. The molecule has 0 aliphatic heterocycles. The van der Waals surface area contributed by atoms with E-state index in [9.17, 15) is 9.59 Å². The Hall–Kier alpha value is -1.16. The lowest BCUT2D eigenvalue weighted by Gasteiger charge is -2.06. The maximum absolute atomic E-state index is 10.6. The second-order valence-electron chi connectivity index (χ2n) is 3.17. The molecule has 1 aromatic rings. The summed E-state index contributed by atoms with van der Waals surface area (Å²) >= 11 is 3.36. The lowest BCUT2D eigenvalue weighted by atomic mass is 10.0. The standard InChI is InChI=1S/C11H11BrO3/c12-11-8(5-2-6-13)3-1-4-9(11)7-10(14)15/h1,3-4,6H,2,5,7H2,(H,14,15). The van der Waals surface area contributed by atoms with Crippen LogP contribution < -0.4 is 0 Å². The topological polar surface area (TPSA) is 54.4 Å². The number of carboxylic acids is 1. The van der Waals surface area contributed by atoms with Gasteiger partial charge in [0.15, 0.2) is 0 Å². The van der Waals surface area contributed by atoms with Crippen molar-refractivity contribution >= 4 is 28.2 Å². The lowest BCUT2D eigenvalue weighted by Crippen LogP contribution is -2.02. The van der Waals surface area contributed by atoms with Gasteiger partial charge in [-0.2, -0.15) is 0 Å². The molecule has 0 aromatic heterocycles. The van der Waals surface area contributed by atoms with Gasteiger partial charge in [0.25, 0.3) is 0 Å². The maximum atomic E-state index is 10.6. The third-order valence-corrected chi connectivity index (χ3v) is 3.05. The Kier molecular flexibility index (Phi) is 4.49. The van der Waals surface area contributed by atoms with E-state index in [1.165, 1.54) is 0 Å². The fourth-order valence-corrected chi connectivity index (χ4v) is 1.94. The number of hydrogen-bond donors (Lipinski definition) is 1. The Morgan fingerprint density at radius 1 is 1.40 bits per heavy atom. The van der Waals surface area contributed by atoms with Crippen molar-refractivity contribution in [3.63, 3.8) is 0 Å². The Morgan fingerprint density at radius 2 is 2.07 bits per heavy atom. The molecule has 0 amide bonds. The first kappa shape index (κ1) is 11.9. The third-order valence-electron chi connectivity index (χ3n) is 2.03. The minimum absolute atomic E-state index is 0.00445. The fourth-order valence-electron chi connectivity index (χ4n) is 1.34. The van der Waals surface area contributed by atoms with Crippen LogP contribution in [0.25, 0.3) is 0 Å². The number of aryl methyl sites for hydroxylation is 1. The molecular weight excluding hydrogens is 260 g/mol. The molecule has 1 N–H and O–H groups in total. The lowest BCUT2D eigenvalue weighted by molar-refractivity contribution is -0.136. The molecule has 0 spiro atoms. The number of carbonyl (C=O) groups is 2. The number of aldehydes is 1. The van der Waals surface area contributed by atoms with Gasteiger partial charge < -0.3 is 9.90 Å². The molecule has 0 aliphatic rings. The van der Waals surface area contributed by atoms with Crippen LogP contribution >= 0.6 is 15.9 Å². The van der Waals surface area contributed by atoms with E-state index >= 15 is 0 Å². The maximum Gasteiger partial charge on any atom is 0.307 e. The van der Waals surface area contributed by atoms with E-state index in [1.54, 1.807) is 6.07 Å². The normalized spacial score (nSPS) is 9.93. The van der Waals surface area contributed by atoms with Crippen LogP contribution in [0.3, 0.4) is 0 Å². The molecular formula is C11H11BrO3. The Balaban J connectivity index is 2.89. The molecule has 4 heteroatoms. The molecule has 1 rings (SSSR count). The number of benzene rings is 1. The summed E-state index contributed by atoms with van der Waals surface area (Å²) in [5.74, 6) is -0.858. The average molecular weight is 271 g/mol. The summed E-state index contributed by atoms with van der Waals surface area (Å²) in [6, 6.07) is 5.46. The SMILES string of the molecule is O=CCCc1cccc(CC(=O)O)c1Br. The van der Waals surface area contributed by atoms with E-state index in [1.807, 2.05) is 12.1 Å². The van der Waals surface area contributed by atoms with Crippen LogP contribution in [0.5, 0.6) is 0 Å². The van der Waals surface area contributed by atoms with Crippen molar-refractivity contribution in [2.24, 2.45) is 0 Å². The molecule has 15 heavy (non-hydrogen) atoms. The van der Waals surface area contributed by atoms with Gasteiger partial charge in [0.1, 0.15) is 6.29 Å². The molecule has 0 aliphatic carbocycles. The third kappa shape index (κ3) is 3.47. The predicted octanol–water partition coefficient (Wildman–Crippen LogP) is 2.21. The summed E-state index contributed by atoms with van der Waals surface area (Å²) in [6.07, 6.45) is 1.94. The van der Waals surface area contributed by atoms with Crippen LogP contribution in [0.4, 0.5) is 0 Å². The van der Waals surface area contributed by atoms with E-state index in [2.05, 4.69) is 15.9 Å². The highest BCUT2D eigenvalue weighted by molar-refractivity contribution is 9.10. The number of hydrogen-bond acceptors (Lipinski definition) is 2. The summed E-state index contributed by atoms with van der Waals surface area (Å²) in [4.78, 5) is 20.8. The number of rotatable bonds is 5. The van der Waals surface area contributed by atoms with E-state index < -0.39 is 5.97 Å². The summed E-state index contributed by atoms with van der Waals surface area (Å²) in [5, 5.41) is 8.68. The first-order valence-electron chi connectivity index (χ1n) is 4.57. The summed E-state index contributed by atoms with van der Waals surface area (Å²) in [5.41, 5.74) is 1.71. The number of carboxylic acid groups (broad SMARTS) is 1. The zero-order chi connectivity index (χ0) is 11.3. The van der Waals surface area contributed by atoms with E-state index in [0.717, 1.165) is 21.9 Å². The summed E-state index contributed by atoms with van der Waals surface area (Å²) in [6.45, 7) is 0.